The van der Waals surface area contributed by atoms with E-state index in [1.807, 2.05) is 42.5 Å². The second-order valence-corrected chi connectivity index (χ2v) is 6.47. The number of anilines is 1. The number of rotatable bonds is 6. The molecule has 0 aliphatic rings. The van der Waals surface area contributed by atoms with Gasteiger partial charge in [0.2, 0.25) is 0 Å². The summed E-state index contributed by atoms with van der Waals surface area (Å²) in [6.45, 7) is 1.54. The Kier molecular flexibility index (Phi) is 5.80. The highest BCUT2D eigenvalue weighted by Crippen LogP contribution is 2.18. The first-order valence-electron chi connectivity index (χ1n) is 8.02. The minimum Gasteiger partial charge on any atom is -0.452 e. The third-order valence-corrected chi connectivity index (χ3v) is 4.36. The zero-order chi connectivity index (χ0) is 18.4. The Morgan fingerprint density at radius 3 is 2.54 bits per heavy atom. The molecule has 0 saturated heterocycles. The van der Waals surface area contributed by atoms with Gasteiger partial charge in [0.1, 0.15) is 5.03 Å². The molecule has 1 aromatic heterocycles. The van der Waals surface area contributed by atoms with E-state index in [0.29, 0.717) is 10.7 Å². The van der Waals surface area contributed by atoms with Gasteiger partial charge in [-0.2, -0.15) is 0 Å². The zero-order valence-corrected chi connectivity index (χ0v) is 14.9. The molecule has 1 heterocycles. The van der Waals surface area contributed by atoms with Crippen LogP contribution in [0.2, 0.25) is 0 Å². The van der Waals surface area contributed by atoms with Gasteiger partial charge in [0.05, 0.1) is 23.0 Å². The monoisotopic (exact) mass is 367 g/mol. The van der Waals surface area contributed by atoms with Crippen molar-refractivity contribution >= 4 is 40.4 Å². The Labute approximate surface area is 155 Å². The number of thioether (sulfide) groups is 1. The van der Waals surface area contributed by atoms with Crippen LogP contribution in [0.5, 0.6) is 0 Å². The smallest absolute Gasteiger partial charge is 0.317 e. The van der Waals surface area contributed by atoms with Gasteiger partial charge < -0.3 is 10.1 Å². The number of nitrogens with one attached hydrogen (secondary N) is 1. The van der Waals surface area contributed by atoms with Crippen LogP contribution in [-0.4, -0.2) is 33.7 Å². The van der Waals surface area contributed by atoms with Crippen LogP contribution in [-0.2, 0) is 14.3 Å². The third-order valence-electron chi connectivity index (χ3n) is 3.48. The molecule has 3 aromatic rings. The van der Waals surface area contributed by atoms with Gasteiger partial charge in [-0.25, -0.2) is 4.98 Å². The van der Waals surface area contributed by atoms with Crippen molar-refractivity contribution in [2.45, 2.75) is 18.1 Å². The van der Waals surface area contributed by atoms with Crippen LogP contribution in [0.4, 0.5) is 5.69 Å². The average molecular weight is 367 g/mol. The van der Waals surface area contributed by atoms with Crippen LogP contribution >= 0.6 is 11.8 Å². The number of amides is 1. The molecule has 0 bridgehead atoms. The van der Waals surface area contributed by atoms with Crippen LogP contribution in [0.25, 0.3) is 11.0 Å². The van der Waals surface area contributed by atoms with Gasteiger partial charge >= 0.3 is 5.97 Å². The number of ether oxygens (including phenoxy) is 1. The summed E-state index contributed by atoms with van der Waals surface area (Å²) in [5, 5.41) is 3.32. The van der Waals surface area contributed by atoms with Crippen LogP contribution in [0.3, 0.4) is 0 Å². The lowest BCUT2D eigenvalue weighted by Crippen LogP contribution is -2.30. The van der Waals surface area contributed by atoms with Crippen molar-refractivity contribution in [3.63, 3.8) is 0 Å². The Balaban J connectivity index is 1.50. The molecule has 7 heteroatoms. The number of esters is 1. The maximum absolute atomic E-state index is 12.1. The first kappa shape index (κ1) is 17.9. The van der Waals surface area contributed by atoms with E-state index in [1.165, 1.54) is 18.7 Å². The molecule has 132 valence electrons. The van der Waals surface area contributed by atoms with Crippen LogP contribution in [0.15, 0.2) is 65.8 Å². The summed E-state index contributed by atoms with van der Waals surface area (Å²) in [6, 6.07) is 16.5. The lowest BCUT2D eigenvalue weighted by Gasteiger charge is -2.13. The largest absolute Gasteiger partial charge is 0.452 e. The van der Waals surface area contributed by atoms with E-state index in [2.05, 4.69) is 15.3 Å². The van der Waals surface area contributed by atoms with Crippen LogP contribution < -0.4 is 5.32 Å². The van der Waals surface area contributed by atoms with E-state index in [9.17, 15) is 9.59 Å². The first-order chi connectivity index (χ1) is 12.6. The second kappa shape index (κ2) is 8.44. The summed E-state index contributed by atoms with van der Waals surface area (Å²) in [6.07, 6.45) is 0.734. The molecule has 0 aliphatic heterocycles. The highest BCUT2D eigenvalue weighted by atomic mass is 32.2. The zero-order valence-electron chi connectivity index (χ0n) is 14.1. The molecule has 1 unspecified atom stereocenters. The van der Waals surface area contributed by atoms with Crippen molar-refractivity contribution in [2.75, 3.05) is 11.1 Å². The molecule has 1 atom stereocenters. The molecule has 0 saturated carbocycles. The summed E-state index contributed by atoms with van der Waals surface area (Å²) >= 11 is 1.22. The molecule has 0 aliphatic carbocycles. The minimum absolute atomic E-state index is 0.0516. The number of carbonyl (C=O) groups is 2. The maximum atomic E-state index is 12.1. The number of aromatic nitrogens is 2. The molecule has 3 rings (SSSR count). The quantitative estimate of drug-likeness (QED) is 0.532. The molecule has 0 fully saturated rings. The van der Waals surface area contributed by atoms with Gasteiger partial charge in [-0.15, -0.1) is 0 Å². The van der Waals surface area contributed by atoms with Gasteiger partial charge in [0, 0.05) is 5.69 Å². The average Bonchev–Trinajstić information content (AvgIpc) is 2.67. The number of para-hydroxylation sites is 3. The van der Waals surface area contributed by atoms with Crippen LogP contribution in [0.1, 0.15) is 6.92 Å². The van der Waals surface area contributed by atoms with E-state index >= 15 is 0 Å². The second-order valence-electron chi connectivity index (χ2n) is 5.47. The van der Waals surface area contributed by atoms with Gasteiger partial charge in [-0.05, 0) is 31.2 Å². The van der Waals surface area contributed by atoms with Gasteiger partial charge in [0.25, 0.3) is 5.91 Å². The van der Waals surface area contributed by atoms with Gasteiger partial charge in [-0.3, -0.25) is 14.6 Å². The van der Waals surface area contributed by atoms with Crippen molar-refractivity contribution in [3.05, 3.63) is 60.8 Å². The highest BCUT2D eigenvalue weighted by Gasteiger charge is 2.18. The summed E-state index contributed by atoms with van der Waals surface area (Å²) in [5.41, 5.74) is 2.22. The number of benzene rings is 2. The van der Waals surface area contributed by atoms with Gasteiger partial charge in [0.15, 0.2) is 6.10 Å². The predicted octanol–water partition coefficient (Wildman–Crippen LogP) is 3.29. The Bertz CT molecular complexity index is 918. The first-order valence-corrected chi connectivity index (χ1v) is 9.00. The Morgan fingerprint density at radius 2 is 1.77 bits per heavy atom. The van der Waals surface area contributed by atoms with Crippen molar-refractivity contribution in [1.29, 1.82) is 0 Å². The van der Waals surface area contributed by atoms with E-state index in [-0.39, 0.29) is 11.7 Å². The van der Waals surface area contributed by atoms with Gasteiger partial charge in [-0.1, -0.05) is 42.1 Å². The van der Waals surface area contributed by atoms with E-state index in [0.717, 1.165) is 11.0 Å². The fourth-order valence-corrected chi connectivity index (χ4v) is 2.82. The highest BCUT2D eigenvalue weighted by molar-refractivity contribution is 7.99. The summed E-state index contributed by atoms with van der Waals surface area (Å²) < 4.78 is 5.17. The summed E-state index contributed by atoms with van der Waals surface area (Å²) in [5.74, 6) is -0.809. The number of hydrogen-bond donors (Lipinski definition) is 1. The topological polar surface area (TPSA) is 81.2 Å². The number of carbonyl (C=O) groups excluding carboxylic acids is 2. The van der Waals surface area contributed by atoms with Crippen LogP contribution in [0, 0.1) is 0 Å². The fraction of sp³-hybridized carbons (Fsp3) is 0.158. The molecule has 2 aromatic carbocycles. The lowest BCUT2D eigenvalue weighted by atomic mass is 10.3. The standard InChI is InChI=1S/C19H17N3O3S/c1-13(19(24)21-14-7-3-2-4-8-14)25-18(23)12-26-17-11-20-15-9-5-6-10-16(15)22-17/h2-11,13H,12H2,1H3,(H,21,24). The molecule has 0 radical (unpaired) electrons. The summed E-state index contributed by atoms with van der Waals surface area (Å²) in [7, 11) is 0. The Hall–Kier alpha value is -2.93. The SMILES string of the molecule is CC(OC(=O)CSc1cnc2ccccc2n1)C(=O)Nc1ccccc1. The molecule has 6 nitrogen and oxygen atoms in total. The van der Waals surface area contributed by atoms with Crippen molar-refractivity contribution in [1.82, 2.24) is 9.97 Å². The number of nitrogens with zero attached hydrogens (tertiary/aromatic N) is 2. The van der Waals surface area contributed by atoms with Crippen molar-refractivity contribution < 1.29 is 14.3 Å². The molecule has 1 amide bonds. The maximum Gasteiger partial charge on any atom is 0.317 e. The molecule has 1 N–H and O–H groups in total. The molecular formula is C19H17N3O3S. The Morgan fingerprint density at radius 1 is 1.08 bits per heavy atom. The van der Waals surface area contributed by atoms with E-state index < -0.39 is 12.1 Å². The van der Waals surface area contributed by atoms with E-state index in [1.54, 1.807) is 18.3 Å². The summed E-state index contributed by atoms with van der Waals surface area (Å²) in [4.78, 5) is 32.8. The van der Waals surface area contributed by atoms with E-state index in [4.69, 9.17) is 4.74 Å². The third kappa shape index (κ3) is 4.80. The number of fused-ring (bicyclic) bond motifs is 1. The lowest BCUT2D eigenvalue weighted by molar-refractivity contribution is -0.150. The fourth-order valence-electron chi connectivity index (χ4n) is 2.19. The molecular weight excluding hydrogens is 350 g/mol. The van der Waals surface area contributed by atoms with Crippen molar-refractivity contribution in [2.24, 2.45) is 0 Å². The normalized spacial score (nSPS) is 11.7. The number of hydrogen-bond acceptors (Lipinski definition) is 6. The molecule has 26 heavy (non-hydrogen) atoms. The minimum atomic E-state index is -0.883. The molecule has 0 spiro atoms. The van der Waals surface area contributed by atoms with Crippen molar-refractivity contribution in [3.8, 4) is 0 Å². The predicted molar refractivity (Wildman–Crippen MR) is 101 cm³/mol.